The summed E-state index contributed by atoms with van der Waals surface area (Å²) in [6.07, 6.45) is 0. The summed E-state index contributed by atoms with van der Waals surface area (Å²) in [7, 11) is 0. The molecule has 3 aromatic rings. The van der Waals surface area contributed by atoms with Crippen LogP contribution < -0.4 is 10.1 Å². The summed E-state index contributed by atoms with van der Waals surface area (Å²) in [6.45, 7) is -1.23. The van der Waals surface area contributed by atoms with Crippen LogP contribution in [0.5, 0.6) is 5.75 Å². The lowest BCUT2D eigenvalue weighted by Crippen LogP contribution is -2.16. The lowest BCUT2D eigenvalue weighted by molar-refractivity contribution is -0.0501. The summed E-state index contributed by atoms with van der Waals surface area (Å²) in [6, 6.07) is 3.77. The van der Waals surface area contributed by atoms with Crippen molar-refractivity contribution in [3.63, 3.8) is 0 Å². The summed E-state index contributed by atoms with van der Waals surface area (Å²) in [5, 5.41) is 6.41. The average molecular weight is 540 g/mol. The molecule has 33 heavy (non-hydrogen) atoms. The molecule has 0 aliphatic heterocycles. The summed E-state index contributed by atoms with van der Waals surface area (Å²) in [4.78, 5) is 12.7. The summed E-state index contributed by atoms with van der Waals surface area (Å²) in [5.41, 5.74) is -1.08. The number of amides is 1. The van der Waals surface area contributed by atoms with E-state index < -0.39 is 59.5 Å². The first kappa shape index (κ1) is 24.6. The maximum atomic E-state index is 14.0. The second-order valence-corrected chi connectivity index (χ2v) is 7.64. The Morgan fingerprint density at radius 1 is 1.06 bits per heavy atom. The van der Waals surface area contributed by atoms with Crippen LogP contribution in [0.1, 0.15) is 27.3 Å². The Hall–Kier alpha value is -3.09. The molecule has 0 aliphatic rings. The molecule has 1 aromatic heterocycles. The van der Waals surface area contributed by atoms with Crippen LogP contribution in [0.3, 0.4) is 0 Å². The molecule has 0 unspecified atom stereocenters. The minimum atomic E-state index is -3.19. The van der Waals surface area contributed by atoms with Gasteiger partial charge in [-0.3, -0.25) is 9.48 Å². The van der Waals surface area contributed by atoms with Crippen molar-refractivity contribution < 1.29 is 40.3 Å². The van der Waals surface area contributed by atoms with Crippen LogP contribution in [0.15, 0.2) is 22.7 Å². The van der Waals surface area contributed by atoms with E-state index in [2.05, 4.69) is 31.1 Å². The number of nitrogens with zero attached hydrogens (tertiary/aromatic N) is 2. The SMILES string of the molecule is Cc1nn(Cc2c(F)c(F)c(F)c(F)c2F)c(C)c1NC(=O)c1cc(Br)ccc1OC(F)F. The van der Waals surface area contributed by atoms with Gasteiger partial charge in [0.25, 0.3) is 5.91 Å². The van der Waals surface area contributed by atoms with Gasteiger partial charge in [-0.2, -0.15) is 13.9 Å². The fraction of sp³-hybridized carbons (Fsp3) is 0.200. The van der Waals surface area contributed by atoms with Crippen molar-refractivity contribution in [2.24, 2.45) is 0 Å². The van der Waals surface area contributed by atoms with Crippen molar-refractivity contribution >= 4 is 27.5 Å². The van der Waals surface area contributed by atoms with Gasteiger partial charge < -0.3 is 10.1 Å². The van der Waals surface area contributed by atoms with Crippen LogP contribution in [-0.2, 0) is 6.54 Å². The number of aryl methyl sites for hydroxylation is 1. The molecule has 13 heteroatoms. The standard InChI is InChI=1S/C20H13BrF7N3O2/c1-7-18(29-19(32)10-5-9(21)3-4-12(10)33-20(27)28)8(2)31(30-7)6-11-13(22)15(24)17(26)16(25)14(11)23/h3-5,20H,6H2,1-2H3,(H,29,32). The minimum absolute atomic E-state index is 0.0480. The van der Waals surface area contributed by atoms with E-state index >= 15 is 0 Å². The topological polar surface area (TPSA) is 56.2 Å². The van der Waals surface area contributed by atoms with Crippen molar-refractivity contribution in [3.05, 3.63) is 74.3 Å². The summed E-state index contributed by atoms with van der Waals surface area (Å²) < 4.78 is 99.3. The molecular weight excluding hydrogens is 527 g/mol. The number of benzene rings is 2. The predicted molar refractivity (Wildman–Crippen MR) is 106 cm³/mol. The molecule has 3 rings (SSSR count). The third-order valence-electron chi connectivity index (χ3n) is 4.63. The van der Waals surface area contributed by atoms with Crippen molar-refractivity contribution in [3.8, 4) is 5.75 Å². The molecule has 0 saturated carbocycles. The van der Waals surface area contributed by atoms with Crippen LogP contribution in [0.25, 0.3) is 0 Å². The van der Waals surface area contributed by atoms with Gasteiger partial charge in [-0.25, -0.2) is 22.0 Å². The van der Waals surface area contributed by atoms with Crippen LogP contribution in [0.4, 0.5) is 36.4 Å². The van der Waals surface area contributed by atoms with Crippen molar-refractivity contribution in [2.45, 2.75) is 27.0 Å². The molecule has 2 aromatic carbocycles. The minimum Gasteiger partial charge on any atom is -0.434 e. The van der Waals surface area contributed by atoms with E-state index in [1.807, 2.05) is 0 Å². The van der Waals surface area contributed by atoms with E-state index in [0.29, 0.717) is 4.47 Å². The van der Waals surface area contributed by atoms with Crippen molar-refractivity contribution in [1.29, 1.82) is 0 Å². The monoisotopic (exact) mass is 539 g/mol. The average Bonchev–Trinajstić information content (AvgIpc) is 3.02. The van der Waals surface area contributed by atoms with Gasteiger partial charge >= 0.3 is 6.61 Å². The number of rotatable bonds is 6. The van der Waals surface area contributed by atoms with Crippen LogP contribution in [-0.4, -0.2) is 22.3 Å². The summed E-state index contributed by atoms with van der Waals surface area (Å²) >= 11 is 3.12. The second-order valence-electron chi connectivity index (χ2n) is 6.73. The number of aromatic nitrogens is 2. The molecule has 176 valence electrons. The zero-order valence-corrected chi connectivity index (χ0v) is 18.3. The highest BCUT2D eigenvalue weighted by atomic mass is 79.9. The second kappa shape index (κ2) is 9.41. The van der Waals surface area contributed by atoms with E-state index in [1.165, 1.54) is 26.0 Å². The Bertz CT molecular complexity index is 1220. The van der Waals surface area contributed by atoms with Crippen LogP contribution in [0, 0.1) is 42.9 Å². The number of hydrogen-bond acceptors (Lipinski definition) is 3. The predicted octanol–water partition coefficient (Wildman–Crippen LogP) is 5.86. The van der Waals surface area contributed by atoms with Gasteiger partial charge in [0.2, 0.25) is 5.82 Å². The van der Waals surface area contributed by atoms with E-state index in [0.717, 1.165) is 10.7 Å². The zero-order valence-electron chi connectivity index (χ0n) is 16.8. The Labute approximate surface area is 190 Å². The number of nitrogens with one attached hydrogen (secondary N) is 1. The molecule has 1 heterocycles. The Morgan fingerprint density at radius 2 is 1.64 bits per heavy atom. The fourth-order valence-corrected chi connectivity index (χ4v) is 3.39. The molecule has 0 aliphatic carbocycles. The van der Waals surface area contributed by atoms with Gasteiger partial charge in [0.15, 0.2) is 23.3 Å². The molecule has 5 nitrogen and oxygen atoms in total. The van der Waals surface area contributed by atoms with Crippen molar-refractivity contribution in [2.75, 3.05) is 5.32 Å². The van der Waals surface area contributed by atoms with E-state index in [-0.39, 0.29) is 22.6 Å². The third kappa shape index (κ3) is 4.82. The quantitative estimate of drug-likeness (QED) is 0.242. The van der Waals surface area contributed by atoms with Crippen molar-refractivity contribution in [1.82, 2.24) is 9.78 Å². The first-order chi connectivity index (χ1) is 15.4. The number of halogens is 8. The molecular formula is C20H13BrF7N3O2. The number of ether oxygens (including phenoxy) is 1. The largest absolute Gasteiger partial charge is 0.434 e. The number of anilines is 1. The Balaban J connectivity index is 1.95. The highest BCUT2D eigenvalue weighted by Gasteiger charge is 2.27. The van der Waals surface area contributed by atoms with Crippen LogP contribution in [0.2, 0.25) is 0 Å². The number of hydrogen-bond donors (Lipinski definition) is 1. The molecule has 0 saturated heterocycles. The van der Waals surface area contributed by atoms with Gasteiger partial charge in [-0.15, -0.1) is 0 Å². The first-order valence-corrected chi connectivity index (χ1v) is 9.81. The van der Waals surface area contributed by atoms with Gasteiger partial charge in [-0.1, -0.05) is 15.9 Å². The lowest BCUT2D eigenvalue weighted by atomic mass is 10.1. The van der Waals surface area contributed by atoms with Crippen LogP contribution >= 0.6 is 15.9 Å². The number of alkyl halides is 2. The molecule has 0 bridgehead atoms. The fourth-order valence-electron chi connectivity index (χ4n) is 3.03. The normalized spacial score (nSPS) is 11.2. The zero-order chi connectivity index (χ0) is 24.6. The van der Waals surface area contributed by atoms with E-state index in [4.69, 9.17) is 0 Å². The third-order valence-corrected chi connectivity index (χ3v) is 5.12. The maximum absolute atomic E-state index is 14.0. The molecule has 0 fully saturated rings. The number of carbonyl (C=O) groups excluding carboxylic acids is 1. The smallest absolute Gasteiger partial charge is 0.387 e. The molecule has 0 atom stereocenters. The maximum Gasteiger partial charge on any atom is 0.387 e. The van der Waals surface area contributed by atoms with Gasteiger partial charge in [0.1, 0.15) is 5.75 Å². The van der Waals surface area contributed by atoms with E-state index in [1.54, 1.807) is 0 Å². The molecule has 1 N–H and O–H groups in total. The Kier molecular flexibility index (Phi) is 7.00. The first-order valence-electron chi connectivity index (χ1n) is 9.02. The Morgan fingerprint density at radius 3 is 2.21 bits per heavy atom. The van der Waals surface area contributed by atoms with Gasteiger partial charge in [0, 0.05) is 4.47 Å². The number of carbonyl (C=O) groups is 1. The summed E-state index contributed by atoms with van der Waals surface area (Å²) in [5.74, 6) is -11.8. The molecule has 0 spiro atoms. The molecule has 1 amide bonds. The van der Waals surface area contributed by atoms with Gasteiger partial charge in [0.05, 0.1) is 34.7 Å². The van der Waals surface area contributed by atoms with E-state index in [9.17, 15) is 35.5 Å². The molecule has 0 radical (unpaired) electrons. The van der Waals surface area contributed by atoms with Gasteiger partial charge in [-0.05, 0) is 32.0 Å². The highest BCUT2D eigenvalue weighted by Crippen LogP contribution is 2.29. The lowest BCUT2D eigenvalue weighted by Gasteiger charge is -2.12. The highest BCUT2D eigenvalue weighted by molar-refractivity contribution is 9.10.